The summed E-state index contributed by atoms with van der Waals surface area (Å²) in [7, 11) is 0. The number of morpholine rings is 1. The number of nitrogens with one attached hydrogen (secondary N) is 1. The summed E-state index contributed by atoms with van der Waals surface area (Å²) in [6.07, 6.45) is 1.67. The largest absolute Gasteiger partial charge is 0.378 e. The van der Waals surface area contributed by atoms with Gasteiger partial charge in [0.2, 0.25) is 0 Å². The fraction of sp³-hybridized carbons (Fsp3) is 0.250. The number of rotatable bonds is 3. The molecule has 1 N–H and O–H groups in total. The Labute approximate surface area is 148 Å². The van der Waals surface area contributed by atoms with E-state index in [-0.39, 0.29) is 15.6 Å². The van der Waals surface area contributed by atoms with Gasteiger partial charge in [-0.25, -0.2) is 9.37 Å². The maximum atomic E-state index is 13.5. The second kappa shape index (κ2) is 7.34. The highest BCUT2D eigenvalue weighted by Gasteiger charge is 2.16. The monoisotopic (exact) mass is 369 g/mol. The van der Waals surface area contributed by atoms with Crippen LogP contribution in [0.1, 0.15) is 10.4 Å². The van der Waals surface area contributed by atoms with Crippen molar-refractivity contribution in [3.8, 4) is 0 Å². The highest BCUT2D eigenvalue weighted by atomic mass is 35.5. The van der Waals surface area contributed by atoms with E-state index in [9.17, 15) is 9.18 Å². The number of ether oxygens (including phenoxy) is 1. The minimum Gasteiger partial charge on any atom is -0.378 e. The van der Waals surface area contributed by atoms with Gasteiger partial charge in [-0.1, -0.05) is 23.2 Å². The van der Waals surface area contributed by atoms with E-state index in [0.717, 1.165) is 24.8 Å². The van der Waals surface area contributed by atoms with Gasteiger partial charge in [0, 0.05) is 13.1 Å². The van der Waals surface area contributed by atoms with Crippen LogP contribution < -0.4 is 10.2 Å². The molecule has 3 rings (SSSR count). The summed E-state index contributed by atoms with van der Waals surface area (Å²) in [5, 5.41) is 2.53. The molecule has 0 saturated carbocycles. The molecule has 126 valence electrons. The Morgan fingerprint density at radius 2 is 1.96 bits per heavy atom. The Bertz CT molecular complexity index is 750. The van der Waals surface area contributed by atoms with Crippen LogP contribution in [0.3, 0.4) is 0 Å². The molecule has 1 aliphatic rings. The van der Waals surface area contributed by atoms with Crippen molar-refractivity contribution < 1.29 is 13.9 Å². The number of amides is 1. The lowest BCUT2D eigenvalue weighted by Gasteiger charge is -2.28. The lowest BCUT2D eigenvalue weighted by Crippen LogP contribution is -2.36. The Morgan fingerprint density at radius 3 is 2.62 bits per heavy atom. The van der Waals surface area contributed by atoms with Crippen molar-refractivity contribution in [2.75, 3.05) is 36.5 Å². The molecule has 1 fully saturated rings. The minimum absolute atomic E-state index is 0.00220. The van der Waals surface area contributed by atoms with Crippen molar-refractivity contribution in [3.05, 3.63) is 51.9 Å². The topological polar surface area (TPSA) is 54.5 Å². The zero-order valence-corrected chi connectivity index (χ0v) is 14.1. The molecule has 1 aliphatic heterocycles. The third-order valence-electron chi connectivity index (χ3n) is 3.62. The van der Waals surface area contributed by atoms with E-state index in [1.165, 1.54) is 6.07 Å². The smallest absolute Gasteiger partial charge is 0.258 e. The van der Waals surface area contributed by atoms with E-state index in [1.807, 2.05) is 6.07 Å². The molecular formula is C16H14Cl2FN3O2. The summed E-state index contributed by atoms with van der Waals surface area (Å²) in [4.78, 5) is 18.6. The molecular weight excluding hydrogens is 356 g/mol. The molecule has 1 saturated heterocycles. The maximum absolute atomic E-state index is 13.5. The van der Waals surface area contributed by atoms with Gasteiger partial charge >= 0.3 is 0 Å². The highest BCUT2D eigenvalue weighted by Crippen LogP contribution is 2.25. The summed E-state index contributed by atoms with van der Waals surface area (Å²) in [5.41, 5.74) is 0.949. The third kappa shape index (κ3) is 3.77. The first kappa shape index (κ1) is 17.0. The molecule has 2 heterocycles. The van der Waals surface area contributed by atoms with Crippen LogP contribution in [0.4, 0.5) is 15.9 Å². The van der Waals surface area contributed by atoms with Crippen molar-refractivity contribution in [1.29, 1.82) is 0 Å². The van der Waals surface area contributed by atoms with Crippen LogP contribution in [0.25, 0.3) is 0 Å². The summed E-state index contributed by atoms with van der Waals surface area (Å²) < 4.78 is 18.8. The van der Waals surface area contributed by atoms with Gasteiger partial charge in [-0.3, -0.25) is 4.79 Å². The molecule has 1 aromatic heterocycles. The predicted octanol–water partition coefficient (Wildman–Crippen LogP) is 3.62. The first-order valence-electron chi connectivity index (χ1n) is 7.29. The van der Waals surface area contributed by atoms with E-state index in [1.54, 1.807) is 12.3 Å². The Morgan fingerprint density at radius 1 is 1.21 bits per heavy atom. The van der Waals surface area contributed by atoms with E-state index in [0.29, 0.717) is 19.0 Å². The van der Waals surface area contributed by atoms with E-state index in [2.05, 4.69) is 15.2 Å². The van der Waals surface area contributed by atoms with Crippen molar-refractivity contribution in [3.63, 3.8) is 0 Å². The minimum atomic E-state index is -0.707. The Balaban J connectivity index is 1.71. The van der Waals surface area contributed by atoms with Crippen LogP contribution in [0.15, 0.2) is 30.5 Å². The zero-order chi connectivity index (χ0) is 17.1. The quantitative estimate of drug-likeness (QED) is 0.839. The number of aromatic nitrogens is 1. The summed E-state index contributed by atoms with van der Waals surface area (Å²) in [6.45, 7) is 2.96. The molecule has 0 unspecified atom stereocenters. The molecule has 2 aromatic rings. The van der Waals surface area contributed by atoms with Crippen LogP contribution in [-0.2, 0) is 4.74 Å². The van der Waals surface area contributed by atoms with Gasteiger partial charge in [0.25, 0.3) is 5.91 Å². The Kier molecular flexibility index (Phi) is 5.18. The summed E-state index contributed by atoms with van der Waals surface area (Å²) >= 11 is 11.6. The second-order valence-corrected chi connectivity index (χ2v) is 6.02. The van der Waals surface area contributed by atoms with Crippen LogP contribution in [0.5, 0.6) is 0 Å². The summed E-state index contributed by atoms with van der Waals surface area (Å²) in [6, 6.07) is 5.74. The number of halogens is 3. The molecule has 0 atom stereocenters. The van der Waals surface area contributed by atoms with Gasteiger partial charge in [0.15, 0.2) is 0 Å². The molecule has 0 spiro atoms. The van der Waals surface area contributed by atoms with Gasteiger partial charge in [-0.05, 0) is 24.3 Å². The van der Waals surface area contributed by atoms with Crippen molar-refractivity contribution >= 4 is 40.6 Å². The number of benzene rings is 1. The molecule has 0 aliphatic carbocycles. The lowest BCUT2D eigenvalue weighted by atomic mass is 10.2. The van der Waals surface area contributed by atoms with Gasteiger partial charge in [0.05, 0.1) is 40.7 Å². The number of carbonyl (C=O) groups is 1. The van der Waals surface area contributed by atoms with E-state index in [4.69, 9.17) is 27.9 Å². The zero-order valence-electron chi connectivity index (χ0n) is 12.6. The molecule has 8 heteroatoms. The molecule has 1 amide bonds. The van der Waals surface area contributed by atoms with Crippen LogP contribution in [0, 0.1) is 5.82 Å². The number of nitrogens with zero attached hydrogens (tertiary/aromatic N) is 2. The normalized spacial score (nSPS) is 14.5. The molecule has 0 radical (unpaired) electrons. The SMILES string of the molecule is O=C(Nc1ccc(N2CCOCC2)cn1)c1cc(F)c(Cl)cc1Cl. The average molecular weight is 370 g/mol. The van der Waals surface area contributed by atoms with Crippen LogP contribution in [0.2, 0.25) is 10.0 Å². The number of carbonyl (C=O) groups excluding carboxylic acids is 1. The second-order valence-electron chi connectivity index (χ2n) is 5.20. The fourth-order valence-electron chi connectivity index (χ4n) is 2.35. The van der Waals surface area contributed by atoms with E-state index < -0.39 is 11.7 Å². The van der Waals surface area contributed by atoms with Gasteiger partial charge in [-0.15, -0.1) is 0 Å². The molecule has 5 nitrogen and oxygen atoms in total. The number of pyridine rings is 1. The van der Waals surface area contributed by atoms with Crippen LogP contribution in [-0.4, -0.2) is 37.2 Å². The van der Waals surface area contributed by atoms with Gasteiger partial charge in [-0.2, -0.15) is 0 Å². The average Bonchev–Trinajstić information content (AvgIpc) is 2.59. The fourth-order valence-corrected chi connectivity index (χ4v) is 2.82. The van der Waals surface area contributed by atoms with Crippen molar-refractivity contribution in [2.24, 2.45) is 0 Å². The van der Waals surface area contributed by atoms with Crippen molar-refractivity contribution in [1.82, 2.24) is 4.98 Å². The first-order chi connectivity index (χ1) is 11.5. The molecule has 24 heavy (non-hydrogen) atoms. The van der Waals surface area contributed by atoms with Gasteiger partial charge < -0.3 is 15.0 Å². The van der Waals surface area contributed by atoms with Gasteiger partial charge in [0.1, 0.15) is 11.6 Å². The third-order valence-corrected chi connectivity index (χ3v) is 4.22. The predicted molar refractivity (Wildman–Crippen MR) is 91.6 cm³/mol. The number of hydrogen-bond acceptors (Lipinski definition) is 4. The summed E-state index contributed by atoms with van der Waals surface area (Å²) in [5.74, 6) is -0.910. The lowest BCUT2D eigenvalue weighted by molar-refractivity contribution is 0.102. The molecule has 1 aromatic carbocycles. The Hall–Kier alpha value is -1.89. The van der Waals surface area contributed by atoms with E-state index >= 15 is 0 Å². The highest BCUT2D eigenvalue weighted by molar-refractivity contribution is 6.37. The standard InChI is InChI=1S/C16H14Cl2FN3O2/c17-12-8-13(18)14(19)7-11(12)16(23)21-15-2-1-10(9-20-15)22-3-5-24-6-4-22/h1-2,7-9H,3-6H2,(H,20,21,23). The van der Waals surface area contributed by atoms with Crippen LogP contribution >= 0.6 is 23.2 Å². The molecule has 0 bridgehead atoms. The number of hydrogen-bond donors (Lipinski definition) is 1. The number of anilines is 2. The van der Waals surface area contributed by atoms with Crippen molar-refractivity contribution in [2.45, 2.75) is 0 Å². The first-order valence-corrected chi connectivity index (χ1v) is 8.05. The maximum Gasteiger partial charge on any atom is 0.258 e.